The molecule has 110 valence electrons. The van der Waals surface area contributed by atoms with Gasteiger partial charge in [0.2, 0.25) is 0 Å². The van der Waals surface area contributed by atoms with Crippen LogP contribution in [0.2, 0.25) is 0 Å². The van der Waals surface area contributed by atoms with Gasteiger partial charge in [-0.3, -0.25) is 4.79 Å². The monoisotopic (exact) mass is 280 g/mol. The summed E-state index contributed by atoms with van der Waals surface area (Å²) in [4.78, 5) is 18.1. The summed E-state index contributed by atoms with van der Waals surface area (Å²) in [6, 6.07) is 1.40. The van der Waals surface area contributed by atoms with E-state index >= 15 is 0 Å². The Balaban J connectivity index is 2.06. The Labute approximate surface area is 118 Å². The fourth-order valence-corrected chi connectivity index (χ4v) is 2.50. The largest absolute Gasteiger partial charge is 0.371 e. The van der Waals surface area contributed by atoms with E-state index in [2.05, 4.69) is 20.5 Å². The highest BCUT2D eigenvalue weighted by Gasteiger charge is 2.39. The maximum atomic E-state index is 14.0. The lowest BCUT2D eigenvalue weighted by Crippen LogP contribution is -2.57. The zero-order valence-electron chi connectivity index (χ0n) is 12.2. The topological polar surface area (TPSA) is 57.3 Å². The van der Waals surface area contributed by atoms with Crippen molar-refractivity contribution in [2.45, 2.75) is 24.8 Å². The second-order valence-corrected chi connectivity index (χ2v) is 5.43. The highest BCUT2D eigenvalue weighted by molar-refractivity contribution is 5.95. The molecule has 0 aliphatic heterocycles. The minimum absolute atomic E-state index is 0.0189. The van der Waals surface area contributed by atoms with Gasteiger partial charge in [0.1, 0.15) is 0 Å². The Bertz CT molecular complexity index is 500. The average Bonchev–Trinajstić information content (AvgIpc) is 2.37. The maximum absolute atomic E-state index is 14.0. The van der Waals surface area contributed by atoms with Crippen molar-refractivity contribution in [3.05, 3.63) is 23.6 Å². The van der Waals surface area contributed by atoms with Crippen LogP contribution in [0.15, 0.2) is 12.3 Å². The molecule has 5 nitrogen and oxygen atoms in total. The van der Waals surface area contributed by atoms with Crippen molar-refractivity contribution in [1.82, 2.24) is 15.2 Å². The third kappa shape index (κ3) is 2.60. The quantitative estimate of drug-likeness (QED) is 0.857. The molecule has 1 fully saturated rings. The molecule has 0 aromatic carbocycles. The maximum Gasteiger partial charge on any atom is 0.254 e. The average molecular weight is 280 g/mol. The number of anilines is 1. The molecule has 0 spiro atoms. The van der Waals surface area contributed by atoms with Crippen molar-refractivity contribution >= 4 is 11.7 Å². The lowest BCUT2D eigenvalue weighted by atomic mass is 9.75. The molecule has 0 unspecified atom stereocenters. The van der Waals surface area contributed by atoms with Gasteiger partial charge in [-0.1, -0.05) is 0 Å². The molecule has 0 saturated heterocycles. The SMILES string of the molecule is CNc1nccc(C(=O)NCC2(N(C)C)CCC2)c1F. The predicted molar refractivity (Wildman–Crippen MR) is 76.3 cm³/mol. The lowest BCUT2D eigenvalue weighted by Gasteiger charge is -2.47. The fourth-order valence-electron chi connectivity index (χ4n) is 2.50. The smallest absolute Gasteiger partial charge is 0.254 e. The molecule has 1 saturated carbocycles. The van der Waals surface area contributed by atoms with Crippen LogP contribution in [-0.2, 0) is 0 Å². The van der Waals surface area contributed by atoms with E-state index in [1.54, 1.807) is 7.05 Å². The number of likely N-dealkylation sites (N-methyl/N-ethyl adjacent to an activating group) is 1. The third-order valence-electron chi connectivity index (χ3n) is 4.18. The minimum atomic E-state index is -0.611. The third-order valence-corrected chi connectivity index (χ3v) is 4.18. The van der Waals surface area contributed by atoms with Crippen LogP contribution in [0.1, 0.15) is 29.6 Å². The normalized spacial score (nSPS) is 16.6. The fraction of sp³-hybridized carbons (Fsp3) is 0.571. The molecule has 1 aliphatic rings. The van der Waals surface area contributed by atoms with E-state index in [1.807, 2.05) is 14.1 Å². The molecule has 20 heavy (non-hydrogen) atoms. The summed E-state index contributed by atoms with van der Waals surface area (Å²) in [7, 11) is 5.59. The van der Waals surface area contributed by atoms with E-state index in [9.17, 15) is 9.18 Å². The summed E-state index contributed by atoms with van der Waals surface area (Å²) in [6.45, 7) is 0.537. The van der Waals surface area contributed by atoms with E-state index in [1.165, 1.54) is 18.7 Å². The second kappa shape index (κ2) is 5.75. The van der Waals surface area contributed by atoms with Gasteiger partial charge < -0.3 is 15.5 Å². The van der Waals surface area contributed by atoms with Crippen molar-refractivity contribution < 1.29 is 9.18 Å². The number of amides is 1. The molecular weight excluding hydrogens is 259 g/mol. The Morgan fingerprint density at radius 1 is 1.50 bits per heavy atom. The predicted octanol–water partition coefficient (Wildman–Crippen LogP) is 1.48. The summed E-state index contributed by atoms with van der Waals surface area (Å²) in [6.07, 6.45) is 4.71. The van der Waals surface area contributed by atoms with Gasteiger partial charge in [0.25, 0.3) is 5.91 Å². The van der Waals surface area contributed by atoms with Crippen LogP contribution in [0.25, 0.3) is 0 Å². The molecule has 1 aliphatic carbocycles. The summed E-state index contributed by atoms with van der Waals surface area (Å²) in [5.74, 6) is -0.918. The number of aromatic nitrogens is 1. The summed E-state index contributed by atoms with van der Waals surface area (Å²) in [5, 5.41) is 5.47. The summed E-state index contributed by atoms with van der Waals surface area (Å²) < 4.78 is 14.0. The molecule has 1 heterocycles. The van der Waals surface area contributed by atoms with Crippen LogP contribution in [0.5, 0.6) is 0 Å². The zero-order chi connectivity index (χ0) is 14.8. The van der Waals surface area contributed by atoms with Crippen molar-refractivity contribution in [2.24, 2.45) is 0 Å². The highest BCUT2D eigenvalue weighted by Crippen LogP contribution is 2.35. The number of nitrogens with zero attached hydrogens (tertiary/aromatic N) is 2. The first kappa shape index (κ1) is 14.7. The van der Waals surface area contributed by atoms with E-state index < -0.39 is 11.7 Å². The number of nitrogens with one attached hydrogen (secondary N) is 2. The van der Waals surface area contributed by atoms with E-state index in [0.717, 1.165) is 12.8 Å². The standard InChI is InChI=1S/C14H21FN4O/c1-16-12-11(15)10(5-8-17-12)13(20)18-9-14(19(2)3)6-4-7-14/h5,8H,4,6-7,9H2,1-3H3,(H,16,17)(H,18,20). The number of hydrogen-bond acceptors (Lipinski definition) is 4. The van der Waals surface area contributed by atoms with Crippen molar-refractivity contribution in [1.29, 1.82) is 0 Å². The van der Waals surface area contributed by atoms with Crippen molar-refractivity contribution in [3.63, 3.8) is 0 Å². The first-order valence-electron chi connectivity index (χ1n) is 6.78. The number of rotatable bonds is 5. The van der Waals surface area contributed by atoms with Gasteiger partial charge in [-0.25, -0.2) is 9.37 Å². The molecular formula is C14H21FN4O. The number of pyridine rings is 1. The number of carbonyl (C=O) groups excluding carboxylic acids is 1. The summed E-state index contributed by atoms with van der Waals surface area (Å²) in [5.41, 5.74) is 0.0444. The molecule has 0 atom stereocenters. The number of halogens is 1. The first-order valence-corrected chi connectivity index (χ1v) is 6.78. The number of carbonyl (C=O) groups is 1. The van der Waals surface area contributed by atoms with Crippen molar-refractivity contribution in [3.8, 4) is 0 Å². The van der Waals surface area contributed by atoms with Crippen LogP contribution >= 0.6 is 0 Å². The van der Waals surface area contributed by atoms with Gasteiger partial charge in [-0.2, -0.15) is 0 Å². The summed E-state index contributed by atoms with van der Waals surface area (Å²) >= 11 is 0. The Kier molecular flexibility index (Phi) is 4.23. The molecule has 6 heteroatoms. The molecule has 2 rings (SSSR count). The molecule has 0 bridgehead atoms. The lowest BCUT2D eigenvalue weighted by molar-refractivity contribution is 0.0556. The Morgan fingerprint density at radius 3 is 2.70 bits per heavy atom. The molecule has 1 aromatic rings. The first-order chi connectivity index (χ1) is 9.50. The molecule has 1 amide bonds. The van der Waals surface area contributed by atoms with E-state index in [-0.39, 0.29) is 16.9 Å². The van der Waals surface area contributed by atoms with Gasteiger partial charge in [0.05, 0.1) is 5.56 Å². The zero-order valence-corrected chi connectivity index (χ0v) is 12.2. The molecule has 2 N–H and O–H groups in total. The van der Waals surface area contributed by atoms with Crippen LogP contribution in [0.3, 0.4) is 0 Å². The van der Waals surface area contributed by atoms with Crippen molar-refractivity contribution in [2.75, 3.05) is 33.0 Å². The van der Waals surface area contributed by atoms with Crippen LogP contribution < -0.4 is 10.6 Å². The van der Waals surface area contributed by atoms with Gasteiger partial charge >= 0.3 is 0 Å². The number of hydrogen-bond donors (Lipinski definition) is 2. The van der Waals surface area contributed by atoms with Crippen LogP contribution in [0, 0.1) is 5.82 Å². The van der Waals surface area contributed by atoms with Crippen LogP contribution in [-0.4, -0.2) is 49.0 Å². The highest BCUT2D eigenvalue weighted by atomic mass is 19.1. The van der Waals surface area contributed by atoms with Gasteiger partial charge in [0.15, 0.2) is 11.6 Å². The van der Waals surface area contributed by atoms with Gasteiger partial charge in [-0.05, 0) is 39.4 Å². The minimum Gasteiger partial charge on any atom is -0.371 e. The van der Waals surface area contributed by atoms with E-state index in [4.69, 9.17) is 0 Å². The Morgan fingerprint density at radius 2 is 2.20 bits per heavy atom. The molecule has 1 aromatic heterocycles. The Hall–Kier alpha value is -1.69. The molecule has 0 radical (unpaired) electrons. The van der Waals surface area contributed by atoms with Gasteiger partial charge in [-0.15, -0.1) is 0 Å². The van der Waals surface area contributed by atoms with E-state index in [0.29, 0.717) is 6.54 Å². The van der Waals surface area contributed by atoms with Gasteiger partial charge in [0, 0.05) is 25.3 Å². The second-order valence-electron chi connectivity index (χ2n) is 5.43. The van der Waals surface area contributed by atoms with Crippen LogP contribution in [0.4, 0.5) is 10.2 Å².